The molecule has 0 bridgehead atoms. The molecule has 0 unspecified atom stereocenters. The summed E-state index contributed by atoms with van der Waals surface area (Å²) in [4.78, 5) is 10.5. The Bertz CT molecular complexity index is 281. The lowest BCUT2D eigenvalue weighted by Gasteiger charge is -1.93. The highest BCUT2D eigenvalue weighted by Crippen LogP contribution is 2.08. The van der Waals surface area contributed by atoms with Crippen LogP contribution in [0.4, 0.5) is 0 Å². The van der Waals surface area contributed by atoms with Crippen molar-refractivity contribution in [2.75, 3.05) is 0 Å². The molecule has 1 aromatic heterocycles. The van der Waals surface area contributed by atoms with Gasteiger partial charge in [0.05, 0.1) is 6.07 Å². The van der Waals surface area contributed by atoms with Crippen molar-refractivity contribution in [3.05, 3.63) is 16.9 Å². The number of hydrogen-bond acceptors (Lipinski definition) is 2. The van der Waals surface area contributed by atoms with E-state index in [2.05, 4.69) is 11.2 Å². The van der Waals surface area contributed by atoms with E-state index in [-0.39, 0.29) is 5.69 Å². The lowest BCUT2D eigenvalue weighted by molar-refractivity contribution is 0.0994. The first-order valence-corrected chi connectivity index (χ1v) is 3.48. The molecule has 1 rings (SSSR count). The van der Waals surface area contributed by atoms with Crippen LogP contribution < -0.4 is 5.73 Å². The molecule has 0 atom stereocenters. The van der Waals surface area contributed by atoms with Gasteiger partial charge in [-0.05, 0) is 6.92 Å². The fourth-order valence-electron chi connectivity index (χ4n) is 0.672. The number of halogens is 1. The van der Waals surface area contributed by atoms with Crippen LogP contribution in [0, 0.1) is 6.07 Å². The highest BCUT2D eigenvalue weighted by atomic mass is 35.5. The molecule has 59 valence electrons. The van der Waals surface area contributed by atoms with E-state index >= 15 is 0 Å². The summed E-state index contributed by atoms with van der Waals surface area (Å²) in [6, 6.07) is 2.54. The van der Waals surface area contributed by atoms with Gasteiger partial charge in [0, 0.05) is 6.54 Å². The summed E-state index contributed by atoms with van der Waals surface area (Å²) >= 11 is 5.63. The third kappa shape index (κ3) is 1.51. The molecule has 1 heterocycles. The van der Waals surface area contributed by atoms with E-state index in [4.69, 9.17) is 17.3 Å². The van der Waals surface area contributed by atoms with Crippen molar-refractivity contribution >= 4 is 17.5 Å². The predicted molar refractivity (Wildman–Crippen MR) is 40.3 cm³/mol. The average molecular weight is 173 g/mol. The average Bonchev–Trinajstić information content (AvgIpc) is 2.31. The van der Waals surface area contributed by atoms with E-state index in [1.165, 1.54) is 4.68 Å². The topological polar surface area (TPSA) is 60.9 Å². The molecular weight excluding hydrogens is 166 g/mol. The second-order valence-corrected chi connectivity index (χ2v) is 2.30. The van der Waals surface area contributed by atoms with Crippen molar-refractivity contribution in [3.8, 4) is 0 Å². The first kappa shape index (κ1) is 8.07. The molecule has 1 amide bonds. The van der Waals surface area contributed by atoms with Crippen LogP contribution in [0.15, 0.2) is 0 Å². The zero-order valence-electron chi connectivity index (χ0n) is 5.97. The molecule has 11 heavy (non-hydrogen) atoms. The fraction of sp³-hybridized carbons (Fsp3) is 0.333. The molecule has 0 spiro atoms. The molecule has 4 nitrogen and oxygen atoms in total. The summed E-state index contributed by atoms with van der Waals surface area (Å²) in [5, 5.41) is 4.09. The Morgan fingerprint density at radius 3 is 2.82 bits per heavy atom. The van der Waals surface area contributed by atoms with Crippen molar-refractivity contribution in [1.82, 2.24) is 9.78 Å². The minimum atomic E-state index is -0.612. The molecule has 0 aliphatic heterocycles. The number of primary amides is 1. The van der Waals surface area contributed by atoms with E-state index in [0.717, 1.165) is 0 Å². The summed E-state index contributed by atoms with van der Waals surface area (Å²) in [5.74, 6) is -0.612. The number of aryl methyl sites for hydroxylation is 1. The highest BCUT2D eigenvalue weighted by molar-refractivity contribution is 6.29. The van der Waals surface area contributed by atoms with Gasteiger partial charge in [0.1, 0.15) is 5.15 Å². The molecule has 0 aromatic carbocycles. The molecular formula is C6H7ClN3O. The van der Waals surface area contributed by atoms with Gasteiger partial charge in [-0.2, -0.15) is 5.10 Å². The van der Waals surface area contributed by atoms with Crippen LogP contribution in [0.5, 0.6) is 0 Å². The predicted octanol–water partition coefficient (Wildman–Crippen LogP) is 0.455. The number of hydrogen-bond donors (Lipinski definition) is 1. The monoisotopic (exact) mass is 172 g/mol. The summed E-state index contributed by atoms with van der Waals surface area (Å²) in [7, 11) is 0. The Hall–Kier alpha value is -1.03. The fourth-order valence-corrected chi connectivity index (χ4v) is 0.919. The minimum absolute atomic E-state index is 0.0804. The molecule has 0 aliphatic carbocycles. The molecule has 0 saturated carbocycles. The summed E-state index contributed by atoms with van der Waals surface area (Å²) in [6.07, 6.45) is 0. The molecule has 1 radical (unpaired) electrons. The van der Waals surface area contributed by atoms with Crippen molar-refractivity contribution in [2.45, 2.75) is 13.5 Å². The lowest BCUT2D eigenvalue weighted by Crippen LogP contribution is -2.12. The Kier molecular flexibility index (Phi) is 2.14. The van der Waals surface area contributed by atoms with Crippen molar-refractivity contribution < 1.29 is 4.79 Å². The Balaban J connectivity index is 3.05. The Labute approximate surface area is 68.9 Å². The summed E-state index contributed by atoms with van der Waals surface area (Å²) in [6.45, 7) is 2.46. The molecule has 0 fully saturated rings. The van der Waals surface area contributed by atoms with Crippen LogP contribution in [-0.2, 0) is 6.54 Å². The zero-order valence-corrected chi connectivity index (χ0v) is 6.72. The Morgan fingerprint density at radius 2 is 2.55 bits per heavy atom. The maximum absolute atomic E-state index is 10.5. The molecule has 0 aliphatic rings. The summed E-state index contributed by atoms with van der Waals surface area (Å²) in [5.41, 5.74) is 5.03. The molecule has 1 aromatic rings. The number of amides is 1. The maximum Gasteiger partial charge on any atom is 0.269 e. The van der Waals surface area contributed by atoms with Crippen molar-refractivity contribution in [1.29, 1.82) is 0 Å². The minimum Gasteiger partial charge on any atom is -0.364 e. The maximum atomic E-state index is 10.5. The lowest BCUT2D eigenvalue weighted by atomic mass is 10.4. The van der Waals surface area contributed by atoms with Gasteiger partial charge in [-0.15, -0.1) is 0 Å². The van der Waals surface area contributed by atoms with E-state index in [9.17, 15) is 4.79 Å². The van der Waals surface area contributed by atoms with E-state index in [0.29, 0.717) is 11.7 Å². The number of carbonyl (C=O) groups is 1. The molecule has 0 saturated heterocycles. The second-order valence-electron chi connectivity index (χ2n) is 1.94. The van der Waals surface area contributed by atoms with E-state index in [1.807, 2.05) is 6.92 Å². The van der Waals surface area contributed by atoms with Gasteiger partial charge in [0.15, 0.2) is 5.69 Å². The van der Waals surface area contributed by atoms with Gasteiger partial charge in [-0.25, -0.2) is 0 Å². The standard InChI is InChI=1S/C6H7ClN3O/c1-2-10-5(7)3-4(9-10)6(8)11/h2H2,1H3,(H2,8,11). The number of nitrogens with zero attached hydrogens (tertiary/aromatic N) is 2. The van der Waals surface area contributed by atoms with Gasteiger partial charge in [0.25, 0.3) is 5.91 Å². The summed E-state index contributed by atoms with van der Waals surface area (Å²) < 4.78 is 1.45. The largest absolute Gasteiger partial charge is 0.364 e. The third-order valence-electron chi connectivity index (χ3n) is 1.20. The van der Waals surface area contributed by atoms with Gasteiger partial charge < -0.3 is 5.73 Å². The zero-order chi connectivity index (χ0) is 8.43. The normalized spacial score (nSPS) is 10.0. The Morgan fingerprint density at radius 1 is 1.91 bits per heavy atom. The number of nitrogens with two attached hydrogens (primary N) is 1. The van der Waals surface area contributed by atoms with Gasteiger partial charge in [0.2, 0.25) is 0 Å². The van der Waals surface area contributed by atoms with Crippen LogP contribution >= 0.6 is 11.6 Å². The SMILES string of the molecule is CCn1nc(C(N)=O)[c]c1Cl. The van der Waals surface area contributed by atoms with Gasteiger partial charge in [-0.3, -0.25) is 9.48 Å². The van der Waals surface area contributed by atoms with Gasteiger partial charge in [-0.1, -0.05) is 11.6 Å². The number of aromatic nitrogens is 2. The van der Waals surface area contributed by atoms with Crippen molar-refractivity contribution in [2.24, 2.45) is 5.73 Å². The van der Waals surface area contributed by atoms with Crippen LogP contribution in [0.1, 0.15) is 17.4 Å². The molecule has 5 heteroatoms. The second kappa shape index (κ2) is 2.92. The molecule has 2 N–H and O–H groups in total. The van der Waals surface area contributed by atoms with Crippen LogP contribution in [0.3, 0.4) is 0 Å². The van der Waals surface area contributed by atoms with E-state index < -0.39 is 5.91 Å². The number of rotatable bonds is 2. The first-order chi connectivity index (χ1) is 5.15. The third-order valence-corrected chi connectivity index (χ3v) is 1.49. The van der Waals surface area contributed by atoms with Crippen LogP contribution in [0.2, 0.25) is 5.15 Å². The quantitative estimate of drug-likeness (QED) is 0.705. The van der Waals surface area contributed by atoms with E-state index in [1.54, 1.807) is 0 Å². The smallest absolute Gasteiger partial charge is 0.269 e. The van der Waals surface area contributed by atoms with Crippen LogP contribution in [0.25, 0.3) is 0 Å². The van der Waals surface area contributed by atoms with Crippen LogP contribution in [-0.4, -0.2) is 15.7 Å². The van der Waals surface area contributed by atoms with Gasteiger partial charge >= 0.3 is 0 Å². The first-order valence-electron chi connectivity index (χ1n) is 3.10. The number of carbonyl (C=O) groups excluding carboxylic acids is 1. The van der Waals surface area contributed by atoms with Crippen molar-refractivity contribution in [3.63, 3.8) is 0 Å². The highest BCUT2D eigenvalue weighted by Gasteiger charge is 2.08.